The first-order valence-corrected chi connectivity index (χ1v) is 18.6. The maximum absolute atomic E-state index is 16.0. The fraction of sp³-hybridized carbons (Fsp3) is 0.130. The Kier molecular flexibility index (Phi) is 6.24. The van der Waals surface area contributed by atoms with Crippen LogP contribution in [0.1, 0.15) is 66.6 Å². The molecule has 1 heterocycles. The third-order valence-corrected chi connectivity index (χ3v) is 14.3. The Morgan fingerprint density at radius 2 is 0.979 bits per heavy atom. The average molecular weight is 637 g/mol. The van der Waals surface area contributed by atoms with Gasteiger partial charge < -0.3 is 4.57 Å². The fourth-order valence-corrected chi connectivity index (χ4v) is 11.5. The summed E-state index contributed by atoms with van der Waals surface area (Å²) in [5.41, 5.74) is 14.5. The zero-order valence-corrected chi connectivity index (χ0v) is 28.7. The number of allylic oxidation sites excluding steroid dienone is 2. The SMILES string of the molecule is CC1(C)c2ccccc2-c2ccc(C3=C/C(=C(\c4ccccc4)c4ccc5c(c4)C(C)(C)c4ccccc4-5)P3(=O)c3ccccc3)cc21. The van der Waals surface area contributed by atoms with Crippen molar-refractivity contribution in [1.82, 2.24) is 0 Å². The zero-order chi connectivity index (χ0) is 32.8. The molecule has 48 heavy (non-hydrogen) atoms. The number of hydrogen-bond acceptors (Lipinski definition) is 1. The van der Waals surface area contributed by atoms with Gasteiger partial charge in [-0.2, -0.15) is 0 Å². The maximum atomic E-state index is 16.0. The molecule has 1 atom stereocenters. The molecule has 0 spiro atoms. The normalized spacial score (nSPS) is 20.1. The molecule has 1 unspecified atom stereocenters. The van der Waals surface area contributed by atoms with E-state index in [1.807, 2.05) is 30.3 Å². The Labute approximate surface area is 283 Å². The van der Waals surface area contributed by atoms with Crippen molar-refractivity contribution in [3.63, 3.8) is 0 Å². The van der Waals surface area contributed by atoms with Gasteiger partial charge in [0.2, 0.25) is 0 Å². The number of rotatable bonds is 4. The first-order valence-electron chi connectivity index (χ1n) is 16.9. The lowest BCUT2D eigenvalue weighted by molar-refractivity contribution is 0.590. The van der Waals surface area contributed by atoms with Crippen LogP contribution in [-0.4, -0.2) is 0 Å². The van der Waals surface area contributed by atoms with Crippen molar-refractivity contribution in [2.45, 2.75) is 38.5 Å². The second-order valence-electron chi connectivity index (χ2n) is 14.5. The molecule has 6 aromatic carbocycles. The van der Waals surface area contributed by atoms with Crippen molar-refractivity contribution in [3.8, 4) is 22.3 Å². The van der Waals surface area contributed by atoms with Crippen molar-refractivity contribution >= 4 is 23.3 Å². The highest BCUT2D eigenvalue weighted by atomic mass is 31.2. The van der Waals surface area contributed by atoms with E-state index in [0.717, 1.165) is 38.2 Å². The van der Waals surface area contributed by atoms with E-state index in [9.17, 15) is 0 Å². The van der Waals surface area contributed by atoms with Crippen LogP contribution in [-0.2, 0) is 15.4 Å². The van der Waals surface area contributed by atoms with Gasteiger partial charge in [0.05, 0.1) is 0 Å². The Balaban J connectivity index is 1.28. The number of hydrogen-bond donors (Lipinski definition) is 0. The first kappa shape index (κ1) is 29.2. The van der Waals surface area contributed by atoms with E-state index in [0.29, 0.717) is 0 Å². The summed E-state index contributed by atoms with van der Waals surface area (Å²) in [6.07, 6.45) is 2.22. The molecule has 232 valence electrons. The highest BCUT2D eigenvalue weighted by Gasteiger charge is 2.45. The van der Waals surface area contributed by atoms with E-state index < -0.39 is 7.14 Å². The fourth-order valence-electron chi connectivity index (χ4n) is 8.58. The van der Waals surface area contributed by atoms with Gasteiger partial charge in [-0.1, -0.05) is 161 Å². The standard InChI is InChI=1S/C46H37OP/c1-45(2)38-21-13-11-19-34(38)36-25-23-31(27-40(36)45)42-29-43(48(42,47)33-17-9-6-10-18-33)44(30-15-7-5-8-16-30)32-24-26-37-35-20-12-14-22-39(35)46(3,4)41(37)28-32/h5-29H,1-4H3/b44-43-. The molecule has 0 fully saturated rings. The minimum atomic E-state index is -3.18. The molecular formula is C46H37OP. The highest BCUT2D eigenvalue weighted by molar-refractivity contribution is 7.87. The second-order valence-corrected chi connectivity index (χ2v) is 17.2. The predicted octanol–water partition coefficient (Wildman–Crippen LogP) is 11.8. The van der Waals surface area contributed by atoms with Crippen molar-refractivity contribution < 1.29 is 4.57 Å². The Morgan fingerprint density at radius 3 is 1.60 bits per heavy atom. The Morgan fingerprint density at radius 1 is 0.479 bits per heavy atom. The van der Waals surface area contributed by atoms with Gasteiger partial charge in [0, 0.05) is 32.3 Å². The van der Waals surface area contributed by atoms with Crippen LogP contribution in [0.3, 0.4) is 0 Å². The largest absolute Gasteiger partial charge is 0.309 e. The summed E-state index contributed by atoms with van der Waals surface area (Å²) in [4.78, 5) is 0. The predicted molar refractivity (Wildman–Crippen MR) is 202 cm³/mol. The summed E-state index contributed by atoms with van der Waals surface area (Å²) >= 11 is 0. The van der Waals surface area contributed by atoms with Gasteiger partial charge in [-0.05, 0) is 79.4 Å². The summed E-state index contributed by atoms with van der Waals surface area (Å²) in [7, 11) is -3.18. The van der Waals surface area contributed by atoms with E-state index in [1.54, 1.807) is 0 Å². The van der Waals surface area contributed by atoms with E-state index in [4.69, 9.17) is 0 Å². The van der Waals surface area contributed by atoms with E-state index in [-0.39, 0.29) is 10.8 Å². The van der Waals surface area contributed by atoms with Gasteiger partial charge in [0.15, 0.2) is 7.14 Å². The molecule has 0 saturated heterocycles. The zero-order valence-electron chi connectivity index (χ0n) is 27.8. The van der Waals surface area contributed by atoms with Crippen molar-refractivity contribution in [3.05, 3.63) is 196 Å². The minimum Gasteiger partial charge on any atom is -0.309 e. The van der Waals surface area contributed by atoms with Crippen LogP contribution in [0.2, 0.25) is 0 Å². The summed E-state index contributed by atoms with van der Waals surface area (Å²) in [5, 5.41) is 2.73. The molecule has 2 heteroatoms. The molecule has 0 saturated carbocycles. The molecule has 1 nitrogen and oxygen atoms in total. The monoisotopic (exact) mass is 636 g/mol. The number of fused-ring (bicyclic) bond motifs is 6. The minimum absolute atomic E-state index is 0.132. The van der Waals surface area contributed by atoms with Crippen LogP contribution in [0.25, 0.3) is 33.1 Å². The second kappa shape index (κ2) is 10.3. The maximum Gasteiger partial charge on any atom is 0.172 e. The topological polar surface area (TPSA) is 17.1 Å². The van der Waals surface area contributed by atoms with Crippen molar-refractivity contribution in [1.29, 1.82) is 0 Å². The molecule has 0 bridgehead atoms. The van der Waals surface area contributed by atoms with E-state index in [2.05, 4.69) is 149 Å². The van der Waals surface area contributed by atoms with Crippen LogP contribution >= 0.6 is 7.14 Å². The lowest BCUT2D eigenvalue weighted by Crippen LogP contribution is -2.18. The van der Waals surface area contributed by atoms with Crippen LogP contribution in [0, 0.1) is 0 Å². The third kappa shape index (κ3) is 3.95. The molecule has 6 aromatic rings. The van der Waals surface area contributed by atoms with Gasteiger partial charge >= 0.3 is 0 Å². The summed E-state index contributed by atoms with van der Waals surface area (Å²) in [5.74, 6) is 0. The Bertz CT molecular complexity index is 2410. The van der Waals surface area contributed by atoms with Gasteiger partial charge in [0.1, 0.15) is 0 Å². The lowest BCUT2D eigenvalue weighted by atomic mass is 9.81. The molecular weight excluding hydrogens is 599 g/mol. The van der Waals surface area contributed by atoms with E-state index in [1.165, 1.54) is 44.5 Å². The van der Waals surface area contributed by atoms with Gasteiger partial charge in [-0.25, -0.2) is 0 Å². The lowest BCUT2D eigenvalue weighted by Gasteiger charge is -2.35. The molecule has 9 rings (SSSR count). The van der Waals surface area contributed by atoms with Crippen molar-refractivity contribution in [2.24, 2.45) is 0 Å². The average Bonchev–Trinajstić information content (AvgIpc) is 3.49. The molecule has 0 N–H and O–H groups in total. The molecule has 0 amide bonds. The summed E-state index contributed by atoms with van der Waals surface area (Å²) in [6.45, 7) is 9.25. The van der Waals surface area contributed by atoms with Gasteiger partial charge in [0.25, 0.3) is 0 Å². The molecule has 0 aromatic heterocycles. The third-order valence-electron chi connectivity index (χ3n) is 11.1. The van der Waals surface area contributed by atoms with Crippen LogP contribution in [0.4, 0.5) is 0 Å². The van der Waals surface area contributed by atoms with Crippen molar-refractivity contribution in [2.75, 3.05) is 0 Å². The van der Waals surface area contributed by atoms with Crippen LogP contribution in [0.15, 0.2) is 157 Å². The molecule has 2 aliphatic carbocycles. The van der Waals surface area contributed by atoms with Gasteiger partial charge in [-0.15, -0.1) is 0 Å². The van der Waals surface area contributed by atoms with E-state index >= 15 is 4.57 Å². The van der Waals surface area contributed by atoms with Crippen LogP contribution in [0.5, 0.6) is 0 Å². The molecule has 0 radical (unpaired) electrons. The summed E-state index contributed by atoms with van der Waals surface area (Å²) < 4.78 is 16.0. The quantitative estimate of drug-likeness (QED) is 0.176. The highest BCUT2D eigenvalue weighted by Crippen LogP contribution is 2.74. The molecule has 3 aliphatic rings. The first-order chi connectivity index (χ1) is 23.2. The number of benzene rings is 6. The smallest absolute Gasteiger partial charge is 0.172 e. The summed E-state index contributed by atoms with van der Waals surface area (Å²) in [6, 6.07) is 51.8. The van der Waals surface area contributed by atoms with Crippen LogP contribution < -0.4 is 5.30 Å². The molecule has 1 aliphatic heterocycles. The van der Waals surface area contributed by atoms with Gasteiger partial charge in [-0.3, -0.25) is 0 Å². The Hall–Kier alpha value is -4.97.